The van der Waals surface area contributed by atoms with Crippen molar-refractivity contribution in [2.45, 2.75) is 20.0 Å². The largest absolute Gasteiger partial charge is 0.483 e. The zero-order valence-corrected chi connectivity index (χ0v) is 14.8. The summed E-state index contributed by atoms with van der Waals surface area (Å²) < 4.78 is 48.0. The first-order valence-corrected chi connectivity index (χ1v) is 8.46. The third-order valence-electron chi connectivity index (χ3n) is 4.01. The molecule has 0 aliphatic heterocycles. The van der Waals surface area contributed by atoms with Crippen LogP contribution in [0.2, 0.25) is 0 Å². The van der Waals surface area contributed by atoms with Crippen LogP contribution in [0.5, 0.6) is 5.75 Å². The van der Waals surface area contributed by atoms with Gasteiger partial charge in [0.05, 0.1) is 0 Å². The van der Waals surface area contributed by atoms with E-state index in [2.05, 4.69) is 4.90 Å². The van der Waals surface area contributed by atoms with Crippen LogP contribution >= 0.6 is 0 Å². The molecule has 2 aromatic rings. The summed E-state index contributed by atoms with van der Waals surface area (Å²) in [5.74, 6) is -0.798. The van der Waals surface area contributed by atoms with Crippen molar-refractivity contribution in [1.82, 2.24) is 4.90 Å². The Labute approximate surface area is 150 Å². The van der Waals surface area contributed by atoms with Gasteiger partial charge < -0.3 is 14.4 Å². The molecule has 4 nitrogen and oxygen atoms in total. The topological polar surface area (TPSA) is 38.8 Å². The molecule has 0 saturated heterocycles. The maximum Gasteiger partial charge on any atom is 0.422 e. The minimum absolute atomic E-state index is 0.00695. The van der Waals surface area contributed by atoms with Gasteiger partial charge in [0.25, 0.3) is 0 Å². The fraction of sp³-hybridized carbons (Fsp3) is 0.421. The maximum absolute atomic E-state index is 12.6. The quantitative estimate of drug-likeness (QED) is 0.651. The summed E-state index contributed by atoms with van der Waals surface area (Å²) in [7, 11) is 0. The molecule has 0 bridgehead atoms. The third kappa shape index (κ3) is 5.36. The van der Waals surface area contributed by atoms with Crippen LogP contribution in [0.4, 0.5) is 13.2 Å². The van der Waals surface area contributed by atoms with Crippen LogP contribution in [0, 0.1) is 0 Å². The molecule has 0 unspecified atom stereocenters. The number of alkyl halides is 3. The summed E-state index contributed by atoms with van der Waals surface area (Å²) in [6.07, 6.45) is -4.50. The van der Waals surface area contributed by atoms with Crippen LogP contribution in [-0.4, -0.2) is 49.9 Å². The predicted octanol–water partition coefficient (Wildman–Crippen LogP) is 4.28. The van der Waals surface area contributed by atoms with E-state index in [4.69, 9.17) is 9.47 Å². The van der Waals surface area contributed by atoms with Crippen LogP contribution in [0.1, 0.15) is 24.2 Å². The molecule has 0 aromatic heterocycles. The first-order valence-electron chi connectivity index (χ1n) is 8.46. The fourth-order valence-corrected chi connectivity index (χ4v) is 2.60. The summed E-state index contributed by atoms with van der Waals surface area (Å²) >= 11 is 0. The lowest BCUT2D eigenvalue weighted by Gasteiger charge is -2.18. The minimum atomic E-state index is -4.50. The zero-order chi connectivity index (χ0) is 19.2. The predicted molar refractivity (Wildman–Crippen MR) is 93.6 cm³/mol. The van der Waals surface area contributed by atoms with Gasteiger partial charge in [-0.2, -0.15) is 13.2 Å². The average molecular weight is 369 g/mol. The van der Waals surface area contributed by atoms with Gasteiger partial charge in [-0.15, -0.1) is 0 Å². The second-order valence-electron chi connectivity index (χ2n) is 5.73. The second kappa shape index (κ2) is 8.89. The molecular weight excluding hydrogens is 347 g/mol. The Balaban J connectivity index is 2.23. The van der Waals surface area contributed by atoms with E-state index in [1.54, 1.807) is 30.3 Å². The van der Waals surface area contributed by atoms with Crippen molar-refractivity contribution in [3.63, 3.8) is 0 Å². The number of likely N-dealkylation sites (N-methyl/N-ethyl adjacent to an activating group) is 1. The van der Waals surface area contributed by atoms with Gasteiger partial charge in [0.2, 0.25) is 0 Å². The van der Waals surface area contributed by atoms with Gasteiger partial charge in [-0.3, -0.25) is 0 Å². The molecule has 2 rings (SSSR count). The van der Waals surface area contributed by atoms with Gasteiger partial charge in [0.1, 0.15) is 17.9 Å². The molecule has 0 spiro atoms. The molecule has 0 heterocycles. The molecular formula is C19H22F3NO3. The van der Waals surface area contributed by atoms with E-state index in [0.29, 0.717) is 17.3 Å². The summed E-state index contributed by atoms with van der Waals surface area (Å²) in [6.45, 7) is 4.89. The van der Waals surface area contributed by atoms with E-state index < -0.39 is 18.8 Å². The molecule has 0 aliphatic carbocycles. The highest BCUT2D eigenvalue weighted by molar-refractivity contribution is 6.01. The molecule has 2 aromatic carbocycles. The van der Waals surface area contributed by atoms with E-state index in [-0.39, 0.29) is 17.9 Å². The molecule has 0 aliphatic rings. The number of rotatable bonds is 8. The monoisotopic (exact) mass is 369 g/mol. The Kier molecular flexibility index (Phi) is 6.85. The third-order valence-corrected chi connectivity index (χ3v) is 4.01. The Morgan fingerprint density at radius 2 is 1.77 bits per heavy atom. The number of hydrogen-bond donors (Lipinski definition) is 0. The van der Waals surface area contributed by atoms with E-state index in [0.717, 1.165) is 13.1 Å². The Morgan fingerprint density at radius 1 is 1.08 bits per heavy atom. The van der Waals surface area contributed by atoms with Crippen LogP contribution in [-0.2, 0) is 4.74 Å². The van der Waals surface area contributed by atoms with E-state index >= 15 is 0 Å². The zero-order valence-electron chi connectivity index (χ0n) is 14.8. The molecule has 0 fully saturated rings. The first-order chi connectivity index (χ1) is 12.4. The normalized spacial score (nSPS) is 11.8. The molecule has 26 heavy (non-hydrogen) atoms. The minimum Gasteiger partial charge on any atom is -0.483 e. The van der Waals surface area contributed by atoms with E-state index in [9.17, 15) is 18.0 Å². The average Bonchev–Trinajstić information content (AvgIpc) is 2.62. The van der Waals surface area contributed by atoms with Crippen molar-refractivity contribution < 1.29 is 27.4 Å². The lowest BCUT2D eigenvalue weighted by molar-refractivity contribution is -0.153. The lowest BCUT2D eigenvalue weighted by atomic mass is 10.1. The van der Waals surface area contributed by atoms with Crippen LogP contribution in [0.3, 0.4) is 0 Å². The number of halogens is 3. The number of hydrogen-bond acceptors (Lipinski definition) is 4. The van der Waals surface area contributed by atoms with Gasteiger partial charge in [0, 0.05) is 11.9 Å². The molecule has 0 saturated carbocycles. The Morgan fingerprint density at radius 3 is 2.42 bits per heavy atom. The van der Waals surface area contributed by atoms with Gasteiger partial charge >= 0.3 is 12.1 Å². The molecule has 142 valence electrons. The van der Waals surface area contributed by atoms with Crippen LogP contribution < -0.4 is 4.74 Å². The van der Waals surface area contributed by atoms with Crippen molar-refractivity contribution in [3.8, 4) is 5.75 Å². The highest BCUT2D eigenvalue weighted by atomic mass is 19.4. The summed E-state index contributed by atoms with van der Waals surface area (Å²) in [4.78, 5) is 14.5. The number of benzene rings is 2. The lowest BCUT2D eigenvalue weighted by Crippen LogP contribution is -2.28. The fourth-order valence-electron chi connectivity index (χ4n) is 2.60. The van der Waals surface area contributed by atoms with Crippen LogP contribution in [0.25, 0.3) is 10.8 Å². The standard InChI is InChI=1S/C19H22F3NO3/c1-3-23(4-2)11-12-25-18(24)16-10-9-14-7-5-6-8-15(14)17(16)26-13-19(20,21)22/h5-10H,3-4,11-13H2,1-2H3. The highest BCUT2D eigenvalue weighted by Crippen LogP contribution is 2.32. The summed E-state index contributed by atoms with van der Waals surface area (Å²) in [6, 6.07) is 9.90. The van der Waals surface area contributed by atoms with Gasteiger partial charge in [-0.1, -0.05) is 44.2 Å². The Bertz CT molecular complexity index is 742. The van der Waals surface area contributed by atoms with Gasteiger partial charge in [-0.25, -0.2) is 4.79 Å². The highest BCUT2D eigenvalue weighted by Gasteiger charge is 2.30. The maximum atomic E-state index is 12.6. The van der Waals surface area contributed by atoms with Crippen molar-refractivity contribution in [3.05, 3.63) is 42.0 Å². The number of ether oxygens (including phenoxy) is 2. The van der Waals surface area contributed by atoms with Gasteiger partial charge in [-0.05, 0) is 24.5 Å². The second-order valence-corrected chi connectivity index (χ2v) is 5.73. The molecule has 7 heteroatoms. The number of fused-ring (bicyclic) bond motifs is 1. The van der Waals surface area contributed by atoms with E-state index in [1.165, 1.54) is 6.07 Å². The summed E-state index contributed by atoms with van der Waals surface area (Å²) in [5.41, 5.74) is -0.00695. The summed E-state index contributed by atoms with van der Waals surface area (Å²) in [5, 5.41) is 1.12. The smallest absolute Gasteiger partial charge is 0.422 e. The van der Waals surface area contributed by atoms with Crippen molar-refractivity contribution in [2.75, 3.05) is 32.8 Å². The number of carbonyl (C=O) groups is 1. The number of esters is 1. The van der Waals surface area contributed by atoms with E-state index in [1.807, 2.05) is 13.8 Å². The Hall–Kier alpha value is -2.28. The number of carbonyl (C=O) groups excluding carboxylic acids is 1. The molecule has 0 amide bonds. The molecule has 0 radical (unpaired) electrons. The van der Waals surface area contributed by atoms with Gasteiger partial charge in [0.15, 0.2) is 6.61 Å². The van der Waals surface area contributed by atoms with Crippen molar-refractivity contribution in [2.24, 2.45) is 0 Å². The number of nitrogens with zero attached hydrogens (tertiary/aromatic N) is 1. The SMILES string of the molecule is CCN(CC)CCOC(=O)c1ccc2ccccc2c1OCC(F)(F)F. The van der Waals surface area contributed by atoms with Crippen molar-refractivity contribution >= 4 is 16.7 Å². The van der Waals surface area contributed by atoms with Crippen LogP contribution in [0.15, 0.2) is 36.4 Å². The van der Waals surface area contributed by atoms with Crippen molar-refractivity contribution in [1.29, 1.82) is 0 Å². The molecule has 0 atom stereocenters. The first kappa shape index (κ1) is 20.0. The molecule has 0 N–H and O–H groups in total.